The number of rotatable bonds is 2. The Morgan fingerprint density at radius 3 is 2.86 bits per heavy atom. The van der Waals surface area contributed by atoms with Gasteiger partial charge in [-0.1, -0.05) is 20.4 Å². The molecule has 124 valence electrons. The van der Waals surface area contributed by atoms with Crippen molar-refractivity contribution in [3.8, 4) is 0 Å². The van der Waals surface area contributed by atoms with Crippen LogP contribution in [0.5, 0.6) is 0 Å². The van der Waals surface area contributed by atoms with Gasteiger partial charge >= 0.3 is 5.97 Å². The van der Waals surface area contributed by atoms with Crippen LogP contribution in [-0.4, -0.2) is 36.4 Å². The molecular weight excluding hydrogens is 284 g/mol. The molecule has 0 spiro atoms. The van der Waals surface area contributed by atoms with Gasteiger partial charge in [0.25, 0.3) is 0 Å². The van der Waals surface area contributed by atoms with Gasteiger partial charge in [0.05, 0.1) is 0 Å². The van der Waals surface area contributed by atoms with Crippen molar-refractivity contribution in [2.24, 2.45) is 23.2 Å². The monoisotopic (exact) mass is 310 g/mol. The molecule has 3 rings (SSSR count). The minimum absolute atomic E-state index is 0.0201. The van der Waals surface area contributed by atoms with E-state index in [9.17, 15) is 9.90 Å². The van der Waals surface area contributed by atoms with E-state index >= 15 is 0 Å². The fourth-order valence-electron chi connectivity index (χ4n) is 4.67. The van der Waals surface area contributed by atoms with Crippen molar-refractivity contribution in [2.75, 3.05) is 6.61 Å². The quantitative estimate of drug-likeness (QED) is 0.626. The number of esters is 1. The second kappa shape index (κ2) is 5.62. The molecule has 5 heteroatoms. The molecule has 3 fully saturated rings. The molecule has 5 nitrogen and oxygen atoms in total. The Labute approximate surface area is 131 Å². The molecule has 1 N–H and O–H groups in total. The van der Waals surface area contributed by atoms with E-state index in [2.05, 4.69) is 20.4 Å². The molecule has 1 aliphatic carbocycles. The van der Waals surface area contributed by atoms with Crippen LogP contribution >= 0.6 is 0 Å². The topological polar surface area (TPSA) is 65.0 Å². The number of ether oxygens (including phenoxy) is 3. The molecule has 0 aromatic heterocycles. The molecule has 22 heavy (non-hydrogen) atoms. The summed E-state index contributed by atoms with van der Waals surface area (Å²) in [4.78, 5) is 11.9. The van der Waals surface area contributed by atoms with Gasteiger partial charge in [-0.2, -0.15) is 0 Å². The van der Waals surface area contributed by atoms with E-state index in [0.717, 1.165) is 12.8 Å². The van der Waals surface area contributed by atoms with Crippen LogP contribution < -0.4 is 0 Å². The average molecular weight is 310 g/mol. The Morgan fingerprint density at radius 2 is 2.18 bits per heavy atom. The molecule has 0 bridgehead atoms. The maximum absolute atomic E-state index is 11.9. The summed E-state index contributed by atoms with van der Waals surface area (Å²) < 4.78 is 17.0. The van der Waals surface area contributed by atoms with Gasteiger partial charge in [-0.15, -0.1) is 0 Å². The van der Waals surface area contributed by atoms with E-state index in [-0.39, 0.29) is 29.3 Å². The largest absolute Gasteiger partial charge is 0.458 e. The van der Waals surface area contributed by atoms with Gasteiger partial charge in [-0.3, -0.25) is 0 Å². The Kier molecular flexibility index (Phi) is 4.08. The molecule has 0 aromatic carbocycles. The molecule has 2 saturated heterocycles. The maximum atomic E-state index is 11.9. The highest BCUT2D eigenvalue weighted by Gasteiger charge is 2.56. The minimum Gasteiger partial charge on any atom is -0.458 e. The van der Waals surface area contributed by atoms with Crippen molar-refractivity contribution in [1.82, 2.24) is 0 Å². The van der Waals surface area contributed by atoms with E-state index in [1.807, 2.05) is 6.92 Å². The summed E-state index contributed by atoms with van der Waals surface area (Å²) in [6.07, 6.45) is 0.797. The Balaban J connectivity index is 1.95. The number of hydrogen-bond donors (Lipinski definition) is 1. The van der Waals surface area contributed by atoms with Crippen molar-refractivity contribution >= 4 is 5.97 Å². The van der Waals surface area contributed by atoms with E-state index < -0.39 is 12.6 Å². The standard InChI is InChI=1S/C17H26O5/c1-5-20-16-17(4)8-11-10(3)15(19)21-13(11)6-9(2)12(17)7-14(18)22-16/h9,11-14,16,18H,3,5-8H2,1-2,4H3/t9-,11-,12-,13+,14+,16+,17-/m0/s1. The Bertz CT molecular complexity index is 476. The zero-order chi connectivity index (χ0) is 16.1. The van der Waals surface area contributed by atoms with E-state index in [0.29, 0.717) is 24.5 Å². The first kappa shape index (κ1) is 16.0. The number of fused-ring (bicyclic) bond motifs is 2. The van der Waals surface area contributed by atoms with Crippen LogP contribution in [0.1, 0.15) is 40.0 Å². The Morgan fingerprint density at radius 1 is 1.45 bits per heavy atom. The Hall–Kier alpha value is -0.910. The zero-order valence-corrected chi connectivity index (χ0v) is 13.6. The molecule has 1 saturated carbocycles. The number of aliphatic hydroxyl groups is 1. The molecule has 2 aliphatic heterocycles. The first-order valence-corrected chi connectivity index (χ1v) is 8.21. The molecule has 0 radical (unpaired) electrons. The van der Waals surface area contributed by atoms with Crippen LogP contribution in [0.2, 0.25) is 0 Å². The smallest absolute Gasteiger partial charge is 0.334 e. The van der Waals surface area contributed by atoms with Gasteiger partial charge in [0.1, 0.15) is 6.10 Å². The number of carbonyl (C=O) groups excluding carboxylic acids is 1. The maximum Gasteiger partial charge on any atom is 0.334 e. The van der Waals surface area contributed by atoms with Gasteiger partial charge in [-0.05, 0) is 31.6 Å². The van der Waals surface area contributed by atoms with Crippen molar-refractivity contribution in [2.45, 2.75) is 58.7 Å². The predicted molar refractivity (Wildman–Crippen MR) is 79.6 cm³/mol. The summed E-state index contributed by atoms with van der Waals surface area (Å²) in [5, 5.41) is 10.1. The van der Waals surface area contributed by atoms with Crippen LogP contribution in [-0.2, 0) is 19.0 Å². The lowest BCUT2D eigenvalue weighted by Crippen LogP contribution is -2.52. The molecule has 7 atom stereocenters. The lowest BCUT2D eigenvalue weighted by molar-refractivity contribution is -0.318. The van der Waals surface area contributed by atoms with Gasteiger partial charge in [0, 0.05) is 29.9 Å². The second-order valence-electron chi connectivity index (χ2n) is 7.22. The first-order valence-electron chi connectivity index (χ1n) is 8.21. The first-order chi connectivity index (χ1) is 10.4. The number of aliphatic hydroxyl groups excluding tert-OH is 1. The molecule has 0 unspecified atom stereocenters. The summed E-state index contributed by atoms with van der Waals surface area (Å²) in [6.45, 7) is 10.7. The number of hydrogen-bond acceptors (Lipinski definition) is 5. The van der Waals surface area contributed by atoms with Gasteiger partial charge < -0.3 is 19.3 Å². The van der Waals surface area contributed by atoms with Crippen LogP contribution in [0.15, 0.2) is 12.2 Å². The third kappa shape index (κ3) is 2.39. The van der Waals surface area contributed by atoms with Crippen LogP contribution in [0.3, 0.4) is 0 Å². The van der Waals surface area contributed by atoms with Crippen LogP contribution in [0.25, 0.3) is 0 Å². The second-order valence-corrected chi connectivity index (χ2v) is 7.22. The fraction of sp³-hybridized carbons (Fsp3) is 0.824. The van der Waals surface area contributed by atoms with Gasteiger partial charge in [0.2, 0.25) is 0 Å². The van der Waals surface area contributed by atoms with Crippen molar-refractivity contribution in [3.63, 3.8) is 0 Å². The highest BCUT2D eigenvalue weighted by atomic mass is 16.7. The molecule has 2 heterocycles. The van der Waals surface area contributed by atoms with Crippen LogP contribution in [0, 0.1) is 23.2 Å². The molecule has 3 aliphatic rings. The van der Waals surface area contributed by atoms with Crippen molar-refractivity contribution < 1.29 is 24.1 Å². The third-order valence-corrected chi connectivity index (χ3v) is 5.81. The normalized spacial score (nSPS) is 48.4. The summed E-state index contributed by atoms with van der Waals surface area (Å²) in [7, 11) is 0. The van der Waals surface area contributed by atoms with E-state index in [1.54, 1.807) is 0 Å². The van der Waals surface area contributed by atoms with Crippen LogP contribution in [0.4, 0.5) is 0 Å². The lowest BCUT2D eigenvalue weighted by Gasteiger charge is -2.49. The van der Waals surface area contributed by atoms with Gasteiger partial charge in [-0.25, -0.2) is 4.79 Å². The fourth-order valence-corrected chi connectivity index (χ4v) is 4.67. The summed E-state index contributed by atoms with van der Waals surface area (Å²) in [6, 6.07) is 0. The molecule has 0 amide bonds. The summed E-state index contributed by atoms with van der Waals surface area (Å²) >= 11 is 0. The molecular formula is C17H26O5. The van der Waals surface area contributed by atoms with Crippen molar-refractivity contribution in [1.29, 1.82) is 0 Å². The third-order valence-electron chi connectivity index (χ3n) is 5.81. The SMILES string of the molecule is C=C1C(=O)O[C@@H]2C[C@H](C)[C@@H]3C[C@H](O)O[C@@H](OCC)[C@@]3(C)C[C@@H]12. The predicted octanol–water partition coefficient (Wildman–Crippen LogP) is 2.24. The lowest BCUT2D eigenvalue weighted by atomic mass is 9.65. The average Bonchev–Trinajstić information content (AvgIpc) is 2.64. The van der Waals surface area contributed by atoms with Gasteiger partial charge in [0.15, 0.2) is 12.6 Å². The summed E-state index contributed by atoms with van der Waals surface area (Å²) in [5.74, 6) is 0.339. The van der Waals surface area contributed by atoms with E-state index in [1.165, 1.54) is 0 Å². The zero-order valence-electron chi connectivity index (χ0n) is 13.6. The highest BCUT2D eigenvalue weighted by molar-refractivity contribution is 5.90. The number of carbonyl (C=O) groups is 1. The van der Waals surface area contributed by atoms with E-state index in [4.69, 9.17) is 14.2 Å². The summed E-state index contributed by atoms with van der Waals surface area (Å²) in [5.41, 5.74) is 0.311. The highest BCUT2D eigenvalue weighted by Crippen LogP contribution is 2.55. The minimum atomic E-state index is -0.791. The molecule has 0 aromatic rings. The van der Waals surface area contributed by atoms with Crippen molar-refractivity contribution in [3.05, 3.63) is 12.2 Å².